The molecule has 4 N–H and O–H groups in total. The van der Waals surface area contributed by atoms with E-state index in [2.05, 4.69) is 16.0 Å². The Bertz CT molecular complexity index is 934. The smallest absolute Gasteiger partial charge is 0.319 e. The van der Waals surface area contributed by atoms with E-state index >= 15 is 0 Å². The second kappa shape index (κ2) is 11.3. The third-order valence-corrected chi connectivity index (χ3v) is 5.18. The van der Waals surface area contributed by atoms with Crippen molar-refractivity contribution in [1.29, 1.82) is 0 Å². The molecule has 0 aliphatic carbocycles. The van der Waals surface area contributed by atoms with Gasteiger partial charge in [0.15, 0.2) is 0 Å². The molecule has 170 valence electrons. The van der Waals surface area contributed by atoms with Crippen LogP contribution in [0.15, 0.2) is 66.7 Å². The molecular formula is C24H29N3O5. The van der Waals surface area contributed by atoms with Gasteiger partial charge in [-0.2, -0.15) is 0 Å². The molecule has 2 aromatic rings. The summed E-state index contributed by atoms with van der Waals surface area (Å²) >= 11 is 0. The highest BCUT2D eigenvalue weighted by atomic mass is 16.5. The molecule has 3 amide bonds. The summed E-state index contributed by atoms with van der Waals surface area (Å²) in [6.45, 7) is 1.62. The molecule has 1 heterocycles. The molecule has 0 spiro atoms. The summed E-state index contributed by atoms with van der Waals surface area (Å²) in [5.41, 5.74) is 1.54. The van der Waals surface area contributed by atoms with E-state index in [9.17, 15) is 14.7 Å². The summed E-state index contributed by atoms with van der Waals surface area (Å²) in [7, 11) is 1.52. The van der Waals surface area contributed by atoms with Gasteiger partial charge in [-0.3, -0.25) is 4.79 Å². The minimum Gasteiger partial charge on any atom is -0.495 e. The van der Waals surface area contributed by atoms with Crippen molar-refractivity contribution in [1.82, 2.24) is 10.6 Å². The summed E-state index contributed by atoms with van der Waals surface area (Å²) in [5.74, 6) is 0.376. The Morgan fingerprint density at radius 3 is 2.53 bits per heavy atom. The molecule has 1 aliphatic heterocycles. The Balaban J connectivity index is 1.53. The van der Waals surface area contributed by atoms with E-state index < -0.39 is 24.3 Å². The first-order valence-electron chi connectivity index (χ1n) is 10.5. The van der Waals surface area contributed by atoms with Gasteiger partial charge in [-0.1, -0.05) is 54.6 Å². The molecule has 0 saturated carbocycles. The molecule has 8 nitrogen and oxygen atoms in total. The summed E-state index contributed by atoms with van der Waals surface area (Å²) in [6.07, 6.45) is 2.42. The fourth-order valence-corrected chi connectivity index (χ4v) is 3.50. The van der Waals surface area contributed by atoms with Crippen molar-refractivity contribution in [2.45, 2.75) is 37.6 Å². The van der Waals surface area contributed by atoms with E-state index in [4.69, 9.17) is 9.47 Å². The first-order valence-corrected chi connectivity index (χ1v) is 10.5. The van der Waals surface area contributed by atoms with Crippen LogP contribution in [0.3, 0.4) is 0 Å². The van der Waals surface area contributed by atoms with Crippen molar-refractivity contribution in [3.63, 3.8) is 0 Å². The molecule has 0 unspecified atom stereocenters. The molecule has 0 fully saturated rings. The van der Waals surface area contributed by atoms with Crippen LogP contribution in [0.5, 0.6) is 5.75 Å². The summed E-state index contributed by atoms with van der Waals surface area (Å²) in [5, 5.41) is 18.2. The molecule has 1 aliphatic rings. The number of benzene rings is 2. The van der Waals surface area contributed by atoms with Gasteiger partial charge in [0.05, 0.1) is 44.0 Å². The third kappa shape index (κ3) is 6.32. The zero-order valence-corrected chi connectivity index (χ0v) is 18.2. The lowest BCUT2D eigenvalue weighted by molar-refractivity contribution is -0.125. The molecule has 0 bridgehead atoms. The maximum Gasteiger partial charge on any atom is 0.319 e. The lowest BCUT2D eigenvalue weighted by Gasteiger charge is -2.32. The van der Waals surface area contributed by atoms with Crippen LogP contribution in [0.2, 0.25) is 0 Å². The maximum atomic E-state index is 12.4. The molecule has 0 radical (unpaired) electrons. The second-order valence-corrected chi connectivity index (χ2v) is 7.51. The topological polar surface area (TPSA) is 109 Å². The molecule has 0 saturated heterocycles. The molecule has 2 aromatic carbocycles. The van der Waals surface area contributed by atoms with Crippen LogP contribution in [-0.2, 0) is 9.53 Å². The number of anilines is 1. The van der Waals surface area contributed by atoms with Crippen molar-refractivity contribution in [2.75, 3.05) is 19.0 Å². The Morgan fingerprint density at radius 1 is 1.09 bits per heavy atom. The van der Waals surface area contributed by atoms with Crippen LogP contribution in [0.25, 0.3) is 0 Å². The van der Waals surface area contributed by atoms with Gasteiger partial charge in [0.1, 0.15) is 11.9 Å². The van der Waals surface area contributed by atoms with Crippen LogP contribution >= 0.6 is 0 Å². The minimum atomic E-state index is -0.673. The van der Waals surface area contributed by atoms with E-state index in [0.29, 0.717) is 11.4 Å². The largest absolute Gasteiger partial charge is 0.495 e. The van der Waals surface area contributed by atoms with Crippen molar-refractivity contribution >= 4 is 17.6 Å². The number of amides is 3. The van der Waals surface area contributed by atoms with Crippen LogP contribution in [0.1, 0.15) is 24.9 Å². The zero-order valence-electron chi connectivity index (χ0n) is 18.2. The van der Waals surface area contributed by atoms with Crippen LogP contribution in [0.4, 0.5) is 10.5 Å². The quantitative estimate of drug-likeness (QED) is 0.473. The Labute approximate surface area is 187 Å². The van der Waals surface area contributed by atoms with Crippen molar-refractivity contribution < 1.29 is 24.2 Å². The number of aliphatic hydroxyl groups is 1. The zero-order chi connectivity index (χ0) is 22.9. The van der Waals surface area contributed by atoms with Gasteiger partial charge >= 0.3 is 6.03 Å². The number of para-hydroxylation sites is 2. The van der Waals surface area contributed by atoms with Gasteiger partial charge in [0.25, 0.3) is 0 Å². The monoisotopic (exact) mass is 439 g/mol. The molecule has 8 heteroatoms. The number of ether oxygens (including phenoxy) is 2. The Hall–Kier alpha value is -3.36. The van der Waals surface area contributed by atoms with E-state index in [0.717, 1.165) is 5.56 Å². The first kappa shape index (κ1) is 23.3. The SMILES string of the molecule is COc1ccccc1NC(=O)N[C@@H]1C=C[C@@H](CC(=O)N[C@H](C)c2ccccc2)O[C@H]1CO. The van der Waals surface area contributed by atoms with Crippen LogP contribution < -0.4 is 20.7 Å². The summed E-state index contributed by atoms with van der Waals surface area (Å²) < 4.78 is 11.1. The third-order valence-electron chi connectivity index (χ3n) is 5.18. The molecule has 3 rings (SSSR count). The highest BCUT2D eigenvalue weighted by Crippen LogP contribution is 2.23. The van der Waals surface area contributed by atoms with E-state index in [1.165, 1.54) is 7.11 Å². The normalized spacial score (nSPS) is 20.8. The maximum absolute atomic E-state index is 12.4. The Kier molecular flexibility index (Phi) is 8.24. The van der Waals surface area contributed by atoms with E-state index in [-0.39, 0.29) is 25.0 Å². The van der Waals surface area contributed by atoms with Gasteiger partial charge in [-0.25, -0.2) is 4.79 Å². The number of methoxy groups -OCH3 is 1. The lowest BCUT2D eigenvalue weighted by Crippen LogP contribution is -2.50. The van der Waals surface area contributed by atoms with Crippen molar-refractivity contribution in [3.8, 4) is 5.75 Å². The number of carbonyl (C=O) groups excluding carboxylic acids is 2. The number of hydrogen-bond donors (Lipinski definition) is 4. The lowest BCUT2D eigenvalue weighted by atomic mass is 10.0. The number of carbonyl (C=O) groups is 2. The standard InChI is InChI=1S/C24H29N3O5/c1-16(17-8-4-3-5-9-17)25-23(29)14-18-12-13-20(22(15-28)32-18)27-24(30)26-19-10-6-7-11-21(19)31-2/h3-13,16,18,20,22,28H,14-15H2,1-2H3,(H,25,29)(H2,26,27,30)/t16-,18+,20-,22+/m1/s1. The van der Waals surface area contributed by atoms with Crippen LogP contribution in [-0.4, -0.2) is 49.0 Å². The molecule has 0 aromatic heterocycles. The highest BCUT2D eigenvalue weighted by molar-refractivity contribution is 5.91. The van der Waals surface area contributed by atoms with Gasteiger partial charge in [0, 0.05) is 0 Å². The van der Waals surface area contributed by atoms with Crippen molar-refractivity contribution in [2.24, 2.45) is 0 Å². The fraction of sp³-hybridized carbons (Fsp3) is 0.333. The first-order chi connectivity index (χ1) is 15.5. The number of nitrogens with one attached hydrogen (secondary N) is 3. The number of rotatable bonds is 8. The highest BCUT2D eigenvalue weighted by Gasteiger charge is 2.29. The number of aliphatic hydroxyl groups excluding tert-OH is 1. The van der Waals surface area contributed by atoms with Gasteiger partial charge in [0.2, 0.25) is 5.91 Å². The summed E-state index contributed by atoms with van der Waals surface area (Å²) in [6, 6.07) is 15.6. The second-order valence-electron chi connectivity index (χ2n) is 7.51. The van der Waals surface area contributed by atoms with E-state index in [1.54, 1.807) is 36.4 Å². The van der Waals surface area contributed by atoms with Gasteiger partial charge in [-0.15, -0.1) is 0 Å². The predicted molar refractivity (Wildman–Crippen MR) is 121 cm³/mol. The van der Waals surface area contributed by atoms with Crippen LogP contribution in [0, 0.1) is 0 Å². The van der Waals surface area contributed by atoms with Gasteiger partial charge < -0.3 is 30.5 Å². The van der Waals surface area contributed by atoms with E-state index in [1.807, 2.05) is 37.3 Å². The van der Waals surface area contributed by atoms with Gasteiger partial charge in [-0.05, 0) is 24.6 Å². The number of hydrogen-bond acceptors (Lipinski definition) is 5. The molecule has 4 atom stereocenters. The molecular weight excluding hydrogens is 410 g/mol. The predicted octanol–water partition coefficient (Wildman–Crippen LogP) is 2.77. The average molecular weight is 440 g/mol. The fourth-order valence-electron chi connectivity index (χ4n) is 3.50. The average Bonchev–Trinajstić information content (AvgIpc) is 2.80. The minimum absolute atomic E-state index is 0.115. The van der Waals surface area contributed by atoms with Crippen molar-refractivity contribution in [3.05, 3.63) is 72.3 Å². The number of urea groups is 1. The molecule has 32 heavy (non-hydrogen) atoms. The summed E-state index contributed by atoms with van der Waals surface area (Å²) in [4.78, 5) is 24.8. The Morgan fingerprint density at radius 2 is 1.81 bits per heavy atom.